The minimum absolute atomic E-state index is 0.0150. The van der Waals surface area contributed by atoms with Crippen LogP contribution in [0.5, 0.6) is 0 Å². The van der Waals surface area contributed by atoms with E-state index in [0.29, 0.717) is 0 Å². The van der Waals surface area contributed by atoms with Crippen molar-refractivity contribution in [3.63, 3.8) is 0 Å². The van der Waals surface area contributed by atoms with Crippen LogP contribution in [0.25, 0.3) is 10.8 Å². The van der Waals surface area contributed by atoms with Crippen LogP contribution in [0.4, 0.5) is 4.79 Å². The first-order valence-corrected chi connectivity index (χ1v) is 11.2. The van der Waals surface area contributed by atoms with Crippen LogP contribution in [0.3, 0.4) is 0 Å². The van der Waals surface area contributed by atoms with Crippen molar-refractivity contribution in [2.24, 2.45) is 0 Å². The van der Waals surface area contributed by atoms with Gasteiger partial charge in [-0.05, 0) is 29.7 Å². The van der Waals surface area contributed by atoms with E-state index in [9.17, 15) is 4.79 Å². The summed E-state index contributed by atoms with van der Waals surface area (Å²) in [6.07, 6.45) is 13.1. The Balaban J connectivity index is 1.57. The van der Waals surface area contributed by atoms with E-state index in [1.807, 2.05) is 19.1 Å². The molecule has 0 bridgehead atoms. The summed E-state index contributed by atoms with van der Waals surface area (Å²) in [5, 5.41) is 8.49. The quantitative estimate of drug-likeness (QED) is 0.356. The normalized spacial score (nSPS) is 12.1. The van der Waals surface area contributed by atoms with Crippen molar-refractivity contribution in [1.82, 2.24) is 10.6 Å². The van der Waals surface area contributed by atoms with E-state index in [1.54, 1.807) is 0 Å². The summed E-state index contributed by atoms with van der Waals surface area (Å²) < 4.78 is 0. The second kappa shape index (κ2) is 13.2. The van der Waals surface area contributed by atoms with Crippen molar-refractivity contribution in [2.45, 2.75) is 84.1 Å². The van der Waals surface area contributed by atoms with Crippen LogP contribution >= 0.6 is 0 Å². The van der Waals surface area contributed by atoms with Crippen molar-refractivity contribution < 1.29 is 4.79 Å². The maximum Gasteiger partial charge on any atom is 0.315 e. The molecule has 0 spiro atoms. The average molecular weight is 383 g/mol. The molecule has 0 heterocycles. The fraction of sp³-hybridized carbons (Fsp3) is 0.560. The van der Waals surface area contributed by atoms with Crippen molar-refractivity contribution in [3.8, 4) is 0 Å². The summed E-state index contributed by atoms with van der Waals surface area (Å²) in [7, 11) is 0. The molecule has 0 saturated carbocycles. The molecule has 2 aromatic carbocycles. The third kappa shape index (κ3) is 7.92. The summed E-state index contributed by atoms with van der Waals surface area (Å²) >= 11 is 0. The highest BCUT2D eigenvalue weighted by molar-refractivity contribution is 5.86. The lowest BCUT2D eigenvalue weighted by molar-refractivity contribution is 0.237. The molecule has 0 unspecified atom stereocenters. The third-order valence-corrected chi connectivity index (χ3v) is 5.45. The van der Waals surface area contributed by atoms with E-state index in [-0.39, 0.29) is 12.1 Å². The predicted octanol–water partition coefficient (Wildman–Crippen LogP) is 7.12. The van der Waals surface area contributed by atoms with Crippen LogP contribution in [0, 0.1) is 0 Å². The van der Waals surface area contributed by atoms with Gasteiger partial charge >= 0.3 is 6.03 Å². The molecule has 0 fully saturated rings. The van der Waals surface area contributed by atoms with Crippen molar-refractivity contribution >= 4 is 16.8 Å². The van der Waals surface area contributed by atoms with Gasteiger partial charge < -0.3 is 10.6 Å². The van der Waals surface area contributed by atoms with Gasteiger partial charge in [-0.25, -0.2) is 4.79 Å². The molecule has 0 saturated heterocycles. The highest BCUT2D eigenvalue weighted by Gasteiger charge is 2.11. The van der Waals surface area contributed by atoms with Gasteiger partial charge in [0, 0.05) is 6.54 Å². The molecule has 0 radical (unpaired) electrons. The molecular formula is C25H38N2O. The highest BCUT2D eigenvalue weighted by atomic mass is 16.2. The molecule has 0 aliphatic rings. The van der Waals surface area contributed by atoms with Crippen LogP contribution in [-0.4, -0.2) is 12.6 Å². The molecule has 0 aromatic heterocycles. The minimum Gasteiger partial charge on any atom is -0.338 e. The molecule has 2 rings (SSSR count). The number of benzene rings is 2. The summed E-state index contributed by atoms with van der Waals surface area (Å²) in [6.45, 7) is 5.06. The number of carbonyl (C=O) groups excluding carboxylic acids is 1. The SMILES string of the molecule is CCCCCCCCCCCCNC(=O)N[C@H](C)c1cccc2ccccc12. The monoisotopic (exact) mass is 382 g/mol. The zero-order valence-electron chi connectivity index (χ0n) is 17.8. The van der Waals surface area contributed by atoms with Crippen LogP contribution in [-0.2, 0) is 0 Å². The van der Waals surface area contributed by atoms with Crippen molar-refractivity contribution in [2.75, 3.05) is 6.54 Å². The van der Waals surface area contributed by atoms with Gasteiger partial charge in [-0.15, -0.1) is 0 Å². The molecule has 0 aliphatic heterocycles. The fourth-order valence-electron chi connectivity index (χ4n) is 3.77. The highest BCUT2D eigenvalue weighted by Crippen LogP contribution is 2.23. The molecule has 3 heteroatoms. The number of nitrogens with one attached hydrogen (secondary N) is 2. The second-order valence-electron chi connectivity index (χ2n) is 7.87. The van der Waals surface area contributed by atoms with Gasteiger partial charge in [-0.2, -0.15) is 0 Å². The molecule has 1 atom stereocenters. The predicted molar refractivity (Wildman–Crippen MR) is 121 cm³/mol. The Bertz CT molecular complexity index is 693. The number of hydrogen-bond donors (Lipinski definition) is 2. The fourth-order valence-corrected chi connectivity index (χ4v) is 3.77. The van der Waals surface area contributed by atoms with E-state index in [2.05, 4.69) is 47.9 Å². The Hall–Kier alpha value is -2.03. The Morgan fingerprint density at radius 2 is 1.43 bits per heavy atom. The standard InChI is InChI=1S/C25H38N2O/c1-3-4-5-6-7-8-9-10-11-14-20-26-25(28)27-21(2)23-19-15-17-22-16-12-13-18-24(22)23/h12-13,15-19,21H,3-11,14,20H2,1-2H3,(H2,26,27,28)/t21-/m1/s1. The molecule has 2 aromatic rings. The Labute approximate surface area is 171 Å². The zero-order valence-corrected chi connectivity index (χ0v) is 17.8. The van der Waals surface area contributed by atoms with Crippen molar-refractivity contribution in [3.05, 3.63) is 48.0 Å². The molecule has 2 amide bonds. The second-order valence-corrected chi connectivity index (χ2v) is 7.87. The lowest BCUT2D eigenvalue weighted by Crippen LogP contribution is -2.37. The Kier molecular flexibility index (Phi) is 10.5. The van der Waals surface area contributed by atoms with Gasteiger partial charge in [0.05, 0.1) is 6.04 Å². The Morgan fingerprint density at radius 1 is 0.821 bits per heavy atom. The number of amides is 2. The lowest BCUT2D eigenvalue weighted by Gasteiger charge is -2.17. The number of rotatable bonds is 13. The van der Waals surface area contributed by atoms with Gasteiger partial charge in [-0.3, -0.25) is 0 Å². The first-order valence-electron chi connectivity index (χ1n) is 11.2. The van der Waals surface area contributed by atoms with Gasteiger partial charge in [0.25, 0.3) is 0 Å². The number of fused-ring (bicyclic) bond motifs is 1. The number of hydrogen-bond acceptors (Lipinski definition) is 1. The molecule has 0 aliphatic carbocycles. The summed E-state index contributed by atoms with van der Waals surface area (Å²) in [5.41, 5.74) is 1.16. The molecule has 154 valence electrons. The maximum atomic E-state index is 12.2. The van der Waals surface area contributed by atoms with Crippen LogP contribution in [0.2, 0.25) is 0 Å². The van der Waals surface area contributed by atoms with E-state index in [0.717, 1.165) is 18.5 Å². The summed E-state index contributed by atoms with van der Waals surface area (Å²) in [6, 6.07) is 14.5. The number of unbranched alkanes of at least 4 members (excludes halogenated alkanes) is 9. The zero-order chi connectivity index (χ0) is 20.0. The summed E-state index contributed by atoms with van der Waals surface area (Å²) in [4.78, 5) is 12.2. The minimum atomic E-state index is -0.0728. The maximum absolute atomic E-state index is 12.2. The van der Waals surface area contributed by atoms with Crippen molar-refractivity contribution in [1.29, 1.82) is 0 Å². The van der Waals surface area contributed by atoms with Gasteiger partial charge in [0.2, 0.25) is 0 Å². The summed E-state index contributed by atoms with van der Waals surface area (Å²) in [5.74, 6) is 0. The smallest absolute Gasteiger partial charge is 0.315 e. The molecule has 3 nitrogen and oxygen atoms in total. The lowest BCUT2D eigenvalue weighted by atomic mass is 10.00. The molecule has 28 heavy (non-hydrogen) atoms. The van der Waals surface area contributed by atoms with E-state index >= 15 is 0 Å². The first kappa shape index (κ1) is 22.3. The van der Waals surface area contributed by atoms with E-state index in [1.165, 1.54) is 68.6 Å². The van der Waals surface area contributed by atoms with Crippen LogP contribution in [0.15, 0.2) is 42.5 Å². The van der Waals surface area contributed by atoms with Gasteiger partial charge in [0.1, 0.15) is 0 Å². The van der Waals surface area contributed by atoms with Gasteiger partial charge in [0.15, 0.2) is 0 Å². The van der Waals surface area contributed by atoms with Crippen LogP contribution in [0.1, 0.15) is 89.7 Å². The van der Waals surface area contributed by atoms with E-state index < -0.39 is 0 Å². The largest absolute Gasteiger partial charge is 0.338 e. The van der Waals surface area contributed by atoms with E-state index in [4.69, 9.17) is 0 Å². The third-order valence-electron chi connectivity index (χ3n) is 5.45. The first-order chi connectivity index (χ1) is 13.7. The topological polar surface area (TPSA) is 41.1 Å². The number of carbonyl (C=O) groups is 1. The molecule has 2 N–H and O–H groups in total. The van der Waals surface area contributed by atoms with Crippen LogP contribution < -0.4 is 10.6 Å². The average Bonchev–Trinajstić information content (AvgIpc) is 2.71. The number of urea groups is 1. The van der Waals surface area contributed by atoms with Gasteiger partial charge in [-0.1, -0.05) is 107 Å². The molecular weight excluding hydrogens is 344 g/mol. The Morgan fingerprint density at radius 3 is 2.14 bits per heavy atom.